The molecule has 0 atom stereocenters. The SMILES string of the molecule is Nc1c2c(cc(=O)n1-c1ccc(C(=O)Nc3nc4ccccc4s3)cc1)C(=O)NC2=O. The number of thiazole rings is 1. The second-order valence-corrected chi connectivity index (χ2v) is 7.79. The zero-order valence-corrected chi connectivity index (χ0v) is 16.5. The van der Waals surface area contributed by atoms with Gasteiger partial charge in [-0.25, -0.2) is 4.98 Å². The van der Waals surface area contributed by atoms with E-state index >= 15 is 0 Å². The molecule has 0 fully saturated rings. The fourth-order valence-corrected chi connectivity index (χ4v) is 4.26. The Labute approximate surface area is 178 Å². The summed E-state index contributed by atoms with van der Waals surface area (Å²) in [5.41, 5.74) is 6.88. The standard InChI is InChI=1S/C21H13N5O4S/c22-17-16-12(19(29)24-20(16)30)9-15(27)26(17)11-7-5-10(6-8-11)18(28)25-21-23-13-3-1-2-4-14(13)31-21/h1-9H,22H2,(H,23,25,28)(H,24,29,30). The number of imide groups is 1. The van der Waals surface area contributed by atoms with Crippen LogP contribution in [0.3, 0.4) is 0 Å². The Balaban J connectivity index is 1.45. The van der Waals surface area contributed by atoms with Crippen molar-refractivity contribution in [2.45, 2.75) is 0 Å². The second-order valence-electron chi connectivity index (χ2n) is 6.76. The molecule has 10 heteroatoms. The molecule has 4 N–H and O–H groups in total. The average molecular weight is 431 g/mol. The topological polar surface area (TPSA) is 136 Å². The molecule has 31 heavy (non-hydrogen) atoms. The summed E-state index contributed by atoms with van der Waals surface area (Å²) in [5.74, 6) is -1.81. The summed E-state index contributed by atoms with van der Waals surface area (Å²) in [7, 11) is 0. The number of hydrogen-bond donors (Lipinski definition) is 3. The smallest absolute Gasteiger partial charge is 0.262 e. The number of fused-ring (bicyclic) bond motifs is 2. The Kier molecular flexibility index (Phi) is 4.15. The van der Waals surface area contributed by atoms with Crippen LogP contribution < -0.4 is 21.9 Å². The molecule has 2 aromatic carbocycles. The normalized spacial score (nSPS) is 12.6. The first-order valence-corrected chi connectivity index (χ1v) is 9.92. The molecule has 152 valence electrons. The van der Waals surface area contributed by atoms with Crippen molar-refractivity contribution in [2.75, 3.05) is 11.1 Å². The molecule has 3 heterocycles. The van der Waals surface area contributed by atoms with Gasteiger partial charge < -0.3 is 5.73 Å². The van der Waals surface area contributed by atoms with Crippen LogP contribution in [0.4, 0.5) is 10.9 Å². The summed E-state index contributed by atoms with van der Waals surface area (Å²) in [6, 6.07) is 14.8. The maximum Gasteiger partial charge on any atom is 0.262 e. The largest absolute Gasteiger partial charge is 0.384 e. The van der Waals surface area contributed by atoms with Gasteiger partial charge in [-0.05, 0) is 36.4 Å². The van der Waals surface area contributed by atoms with Gasteiger partial charge in [-0.15, -0.1) is 0 Å². The van der Waals surface area contributed by atoms with Crippen LogP contribution >= 0.6 is 11.3 Å². The van der Waals surface area contributed by atoms with Crippen LogP contribution in [0.2, 0.25) is 0 Å². The summed E-state index contributed by atoms with van der Waals surface area (Å²) < 4.78 is 2.08. The lowest BCUT2D eigenvalue weighted by Gasteiger charge is -2.12. The summed E-state index contributed by atoms with van der Waals surface area (Å²) >= 11 is 1.37. The van der Waals surface area contributed by atoms with E-state index in [1.807, 2.05) is 24.3 Å². The maximum absolute atomic E-state index is 12.6. The molecule has 5 rings (SSSR count). The lowest BCUT2D eigenvalue weighted by atomic mass is 10.1. The van der Waals surface area contributed by atoms with E-state index < -0.39 is 17.4 Å². The van der Waals surface area contributed by atoms with Crippen LogP contribution in [-0.4, -0.2) is 27.3 Å². The summed E-state index contributed by atoms with van der Waals surface area (Å²) in [6.07, 6.45) is 0. The highest BCUT2D eigenvalue weighted by Crippen LogP contribution is 2.26. The van der Waals surface area contributed by atoms with E-state index in [1.54, 1.807) is 0 Å². The third kappa shape index (κ3) is 3.06. The molecule has 0 unspecified atom stereocenters. The monoisotopic (exact) mass is 431 g/mol. The van der Waals surface area contributed by atoms with Gasteiger partial charge in [0.1, 0.15) is 5.82 Å². The molecular formula is C21H13N5O4S. The van der Waals surface area contributed by atoms with Crippen LogP contribution in [0.15, 0.2) is 59.4 Å². The quantitative estimate of drug-likeness (QED) is 0.425. The van der Waals surface area contributed by atoms with Gasteiger partial charge in [-0.1, -0.05) is 23.5 Å². The Morgan fingerprint density at radius 3 is 2.52 bits per heavy atom. The number of amides is 3. The molecule has 0 bridgehead atoms. The lowest BCUT2D eigenvalue weighted by Crippen LogP contribution is -2.24. The molecule has 0 radical (unpaired) electrons. The van der Waals surface area contributed by atoms with E-state index in [1.165, 1.54) is 35.6 Å². The van der Waals surface area contributed by atoms with E-state index in [9.17, 15) is 19.2 Å². The van der Waals surface area contributed by atoms with Gasteiger partial charge in [0.25, 0.3) is 23.3 Å². The van der Waals surface area contributed by atoms with Crippen LogP contribution in [0, 0.1) is 0 Å². The molecule has 2 aromatic heterocycles. The molecule has 9 nitrogen and oxygen atoms in total. The van der Waals surface area contributed by atoms with Gasteiger partial charge in [0, 0.05) is 11.6 Å². The van der Waals surface area contributed by atoms with Gasteiger partial charge in [0.2, 0.25) is 0 Å². The maximum atomic E-state index is 12.6. The van der Waals surface area contributed by atoms with Crippen molar-refractivity contribution in [1.82, 2.24) is 14.9 Å². The Morgan fingerprint density at radius 2 is 1.77 bits per heavy atom. The number of carbonyl (C=O) groups is 3. The first kappa shape index (κ1) is 18.7. The van der Waals surface area contributed by atoms with Crippen LogP contribution in [-0.2, 0) is 0 Å². The second kappa shape index (κ2) is 6.89. The fraction of sp³-hybridized carbons (Fsp3) is 0. The number of benzene rings is 2. The van der Waals surface area contributed by atoms with E-state index in [2.05, 4.69) is 15.6 Å². The minimum absolute atomic E-state index is 0.0396. The van der Waals surface area contributed by atoms with E-state index in [0.717, 1.165) is 20.9 Å². The zero-order chi connectivity index (χ0) is 21.7. The van der Waals surface area contributed by atoms with Crippen LogP contribution in [0.5, 0.6) is 0 Å². The van der Waals surface area contributed by atoms with Gasteiger partial charge >= 0.3 is 0 Å². The molecule has 0 saturated carbocycles. The first-order chi connectivity index (χ1) is 14.9. The molecule has 1 aliphatic rings. The fourth-order valence-electron chi connectivity index (χ4n) is 3.40. The van der Waals surface area contributed by atoms with Crippen LogP contribution in [0.1, 0.15) is 31.1 Å². The number of hydrogen-bond acceptors (Lipinski definition) is 7. The van der Waals surface area contributed by atoms with Crippen molar-refractivity contribution in [2.24, 2.45) is 0 Å². The number of pyridine rings is 1. The number of nitrogens with one attached hydrogen (secondary N) is 2. The molecule has 0 aliphatic carbocycles. The van der Waals surface area contributed by atoms with Crippen molar-refractivity contribution >= 4 is 50.2 Å². The van der Waals surface area contributed by atoms with Gasteiger partial charge in [-0.3, -0.25) is 34.4 Å². The third-order valence-electron chi connectivity index (χ3n) is 4.86. The average Bonchev–Trinajstić information content (AvgIpc) is 3.28. The molecule has 3 amide bonds. The zero-order valence-electron chi connectivity index (χ0n) is 15.7. The molecule has 0 spiro atoms. The molecule has 0 saturated heterocycles. The Morgan fingerprint density at radius 1 is 1.03 bits per heavy atom. The highest BCUT2D eigenvalue weighted by Gasteiger charge is 2.31. The Hall–Kier alpha value is -4.31. The van der Waals surface area contributed by atoms with E-state index in [0.29, 0.717) is 16.4 Å². The molecule has 4 aromatic rings. The predicted octanol–water partition coefficient (Wildman–Crippen LogP) is 2.17. The number of rotatable bonds is 3. The highest BCUT2D eigenvalue weighted by atomic mass is 32.1. The molecular weight excluding hydrogens is 418 g/mol. The van der Waals surface area contributed by atoms with Gasteiger partial charge in [-0.2, -0.15) is 0 Å². The van der Waals surface area contributed by atoms with Crippen molar-refractivity contribution < 1.29 is 14.4 Å². The minimum Gasteiger partial charge on any atom is -0.384 e. The van der Waals surface area contributed by atoms with Gasteiger partial charge in [0.15, 0.2) is 5.13 Å². The minimum atomic E-state index is -0.655. The predicted molar refractivity (Wildman–Crippen MR) is 116 cm³/mol. The summed E-state index contributed by atoms with van der Waals surface area (Å²) in [4.78, 5) is 53.2. The highest BCUT2D eigenvalue weighted by molar-refractivity contribution is 7.22. The number of aromatic nitrogens is 2. The van der Waals surface area contributed by atoms with E-state index in [4.69, 9.17) is 5.73 Å². The van der Waals surface area contributed by atoms with Gasteiger partial charge in [0.05, 0.1) is 27.0 Å². The number of nitrogen functional groups attached to an aromatic ring is 1. The number of para-hydroxylation sites is 1. The number of nitrogens with zero attached hydrogens (tertiary/aromatic N) is 2. The van der Waals surface area contributed by atoms with Crippen LogP contribution in [0.25, 0.3) is 15.9 Å². The van der Waals surface area contributed by atoms with Crippen molar-refractivity contribution in [1.29, 1.82) is 0 Å². The Bertz CT molecular complexity index is 1440. The lowest BCUT2D eigenvalue weighted by molar-refractivity contribution is 0.0879. The number of carbonyl (C=O) groups excluding carboxylic acids is 3. The third-order valence-corrected chi connectivity index (χ3v) is 5.81. The number of nitrogens with two attached hydrogens (primary N) is 1. The van der Waals surface area contributed by atoms with Crippen molar-refractivity contribution in [3.8, 4) is 5.69 Å². The van der Waals surface area contributed by atoms with Crippen molar-refractivity contribution in [3.05, 3.63) is 81.6 Å². The molecule has 1 aliphatic heterocycles. The first-order valence-electron chi connectivity index (χ1n) is 9.11. The summed E-state index contributed by atoms with van der Waals surface area (Å²) in [5, 5.41) is 5.35. The van der Waals surface area contributed by atoms with Crippen molar-refractivity contribution in [3.63, 3.8) is 0 Å². The summed E-state index contributed by atoms with van der Waals surface area (Å²) in [6.45, 7) is 0. The van der Waals surface area contributed by atoms with E-state index in [-0.39, 0.29) is 22.9 Å². The number of anilines is 2.